The third-order valence-electron chi connectivity index (χ3n) is 3.75. The number of aliphatic hydroxyl groups excluding tert-OH is 1. The lowest BCUT2D eigenvalue weighted by atomic mass is 10.1. The summed E-state index contributed by atoms with van der Waals surface area (Å²) in [6.07, 6.45) is 1.25. The normalized spacial score (nSPS) is 16.2. The smallest absolute Gasteiger partial charge is 0.132 e. The van der Waals surface area contributed by atoms with Crippen LogP contribution in [-0.2, 0) is 0 Å². The van der Waals surface area contributed by atoms with Crippen molar-refractivity contribution < 1.29 is 9.50 Å². The first kappa shape index (κ1) is 14.3. The minimum Gasteiger partial charge on any atom is -0.393 e. The van der Waals surface area contributed by atoms with E-state index in [2.05, 4.69) is 9.88 Å². The SMILES string of the molecule is OC1CCN(c2cc(-c3ccc(F)cc3)cc(Cl)n2)CC1. The summed E-state index contributed by atoms with van der Waals surface area (Å²) in [6, 6.07) is 10.0. The fourth-order valence-electron chi connectivity index (χ4n) is 2.55. The van der Waals surface area contributed by atoms with Gasteiger partial charge in [0.05, 0.1) is 6.10 Å². The minimum atomic E-state index is -0.260. The molecule has 3 nitrogen and oxygen atoms in total. The summed E-state index contributed by atoms with van der Waals surface area (Å²) in [7, 11) is 0. The Hall–Kier alpha value is -1.65. The van der Waals surface area contributed by atoms with Gasteiger partial charge in [-0.3, -0.25) is 0 Å². The molecule has 21 heavy (non-hydrogen) atoms. The molecule has 2 aromatic rings. The molecular weight excluding hydrogens is 291 g/mol. The van der Waals surface area contributed by atoms with Crippen LogP contribution in [0, 0.1) is 5.82 Å². The second-order valence-electron chi connectivity index (χ2n) is 5.26. The van der Waals surface area contributed by atoms with Crippen LogP contribution in [0.5, 0.6) is 0 Å². The number of nitrogens with zero attached hydrogens (tertiary/aromatic N) is 2. The number of piperidine rings is 1. The summed E-state index contributed by atoms with van der Waals surface area (Å²) in [6.45, 7) is 1.52. The van der Waals surface area contributed by atoms with Gasteiger partial charge in [-0.2, -0.15) is 0 Å². The van der Waals surface area contributed by atoms with Gasteiger partial charge in [-0.05, 0) is 48.2 Å². The van der Waals surface area contributed by atoms with Gasteiger partial charge in [0, 0.05) is 13.1 Å². The molecule has 110 valence electrons. The first-order chi connectivity index (χ1) is 10.1. The number of hydrogen-bond donors (Lipinski definition) is 1. The molecule has 1 fully saturated rings. The molecule has 2 heterocycles. The van der Waals surface area contributed by atoms with Crippen molar-refractivity contribution in [3.63, 3.8) is 0 Å². The zero-order valence-corrected chi connectivity index (χ0v) is 12.2. The standard InChI is InChI=1S/C16H16ClFN2O/c17-15-9-12(11-1-3-13(18)4-2-11)10-16(19-15)20-7-5-14(21)6-8-20/h1-4,9-10,14,21H,5-8H2. The fourth-order valence-corrected chi connectivity index (χ4v) is 2.75. The summed E-state index contributed by atoms with van der Waals surface area (Å²) in [5.74, 6) is 0.540. The van der Waals surface area contributed by atoms with Crippen LogP contribution in [-0.4, -0.2) is 29.3 Å². The average Bonchev–Trinajstić information content (AvgIpc) is 2.48. The number of aliphatic hydroxyl groups is 1. The molecule has 0 amide bonds. The van der Waals surface area contributed by atoms with Crippen molar-refractivity contribution in [2.24, 2.45) is 0 Å². The highest BCUT2D eigenvalue weighted by atomic mass is 35.5. The van der Waals surface area contributed by atoms with Gasteiger partial charge in [0.15, 0.2) is 0 Å². The van der Waals surface area contributed by atoms with E-state index in [1.807, 2.05) is 6.07 Å². The number of benzene rings is 1. The molecule has 0 aliphatic carbocycles. The Labute approximate surface area is 128 Å². The topological polar surface area (TPSA) is 36.4 Å². The molecule has 0 atom stereocenters. The van der Waals surface area contributed by atoms with Crippen LogP contribution in [0.1, 0.15) is 12.8 Å². The van der Waals surface area contributed by atoms with Crippen LogP contribution >= 0.6 is 11.6 Å². The molecule has 1 aliphatic heterocycles. The third kappa shape index (κ3) is 3.34. The van der Waals surface area contributed by atoms with Gasteiger partial charge < -0.3 is 10.0 Å². The molecule has 1 aliphatic rings. The Morgan fingerprint density at radius 2 is 1.76 bits per heavy atom. The maximum absolute atomic E-state index is 13.0. The Balaban J connectivity index is 1.91. The molecule has 1 saturated heterocycles. The van der Waals surface area contributed by atoms with E-state index in [1.165, 1.54) is 12.1 Å². The van der Waals surface area contributed by atoms with Crippen LogP contribution < -0.4 is 4.90 Å². The second kappa shape index (κ2) is 6.00. The van der Waals surface area contributed by atoms with E-state index in [4.69, 9.17) is 11.6 Å². The third-order valence-corrected chi connectivity index (χ3v) is 3.94. The van der Waals surface area contributed by atoms with Crippen molar-refractivity contribution in [1.82, 2.24) is 4.98 Å². The Bertz CT molecular complexity index is 625. The lowest BCUT2D eigenvalue weighted by Gasteiger charge is -2.30. The summed E-state index contributed by atoms with van der Waals surface area (Å²) >= 11 is 6.12. The highest BCUT2D eigenvalue weighted by Gasteiger charge is 2.19. The molecule has 0 bridgehead atoms. The predicted octanol–water partition coefficient (Wildman–Crippen LogP) is 3.50. The molecule has 0 saturated carbocycles. The Morgan fingerprint density at radius 3 is 2.43 bits per heavy atom. The lowest BCUT2D eigenvalue weighted by molar-refractivity contribution is 0.145. The minimum absolute atomic E-state index is 0.225. The van der Waals surface area contributed by atoms with Crippen molar-refractivity contribution in [2.75, 3.05) is 18.0 Å². The van der Waals surface area contributed by atoms with E-state index in [9.17, 15) is 9.50 Å². The van der Waals surface area contributed by atoms with Crippen molar-refractivity contribution in [3.8, 4) is 11.1 Å². The predicted molar refractivity (Wildman–Crippen MR) is 82.1 cm³/mol. The van der Waals surface area contributed by atoms with E-state index in [1.54, 1.807) is 18.2 Å². The van der Waals surface area contributed by atoms with E-state index in [0.29, 0.717) is 5.15 Å². The summed E-state index contributed by atoms with van der Waals surface area (Å²) in [5.41, 5.74) is 1.81. The maximum atomic E-state index is 13.0. The van der Waals surface area contributed by atoms with Gasteiger partial charge in [0.2, 0.25) is 0 Å². The lowest BCUT2D eigenvalue weighted by Crippen LogP contribution is -2.36. The number of halogens is 2. The summed E-state index contributed by atoms with van der Waals surface area (Å²) < 4.78 is 13.0. The largest absolute Gasteiger partial charge is 0.393 e. The van der Waals surface area contributed by atoms with Crippen molar-refractivity contribution in [1.29, 1.82) is 0 Å². The molecule has 0 spiro atoms. The highest BCUT2D eigenvalue weighted by molar-refractivity contribution is 6.29. The van der Waals surface area contributed by atoms with Gasteiger partial charge in [0.1, 0.15) is 16.8 Å². The molecule has 5 heteroatoms. The Morgan fingerprint density at radius 1 is 1.10 bits per heavy atom. The van der Waals surface area contributed by atoms with E-state index in [0.717, 1.165) is 42.9 Å². The van der Waals surface area contributed by atoms with Gasteiger partial charge in [-0.15, -0.1) is 0 Å². The van der Waals surface area contributed by atoms with Gasteiger partial charge in [-0.1, -0.05) is 23.7 Å². The van der Waals surface area contributed by atoms with Crippen LogP contribution in [0.2, 0.25) is 5.15 Å². The molecule has 1 aromatic heterocycles. The number of hydrogen-bond acceptors (Lipinski definition) is 3. The zero-order chi connectivity index (χ0) is 14.8. The van der Waals surface area contributed by atoms with Crippen molar-refractivity contribution in [2.45, 2.75) is 18.9 Å². The average molecular weight is 307 g/mol. The van der Waals surface area contributed by atoms with E-state index < -0.39 is 0 Å². The quantitative estimate of drug-likeness (QED) is 0.863. The maximum Gasteiger partial charge on any atom is 0.132 e. The van der Waals surface area contributed by atoms with Gasteiger partial charge >= 0.3 is 0 Å². The van der Waals surface area contributed by atoms with Crippen LogP contribution in [0.4, 0.5) is 10.2 Å². The second-order valence-corrected chi connectivity index (χ2v) is 5.65. The molecule has 3 rings (SSSR count). The molecule has 1 aromatic carbocycles. The fraction of sp³-hybridized carbons (Fsp3) is 0.312. The summed E-state index contributed by atoms with van der Waals surface area (Å²) in [4.78, 5) is 6.48. The van der Waals surface area contributed by atoms with Crippen LogP contribution in [0.3, 0.4) is 0 Å². The molecule has 0 radical (unpaired) electrons. The van der Waals surface area contributed by atoms with Crippen LogP contribution in [0.25, 0.3) is 11.1 Å². The summed E-state index contributed by atoms with van der Waals surface area (Å²) in [5, 5.41) is 9.99. The monoisotopic (exact) mass is 306 g/mol. The number of pyridine rings is 1. The van der Waals surface area contributed by atoms with Gasteiger partial charge in [0.25, 0.3) is 0 Å². The first-order valence-corrected chi connectivity index (χ1v) is 7.36. The van der Waals surface area contributed by atoms with Crippen molar-refractivity contribution in [3.05, 3.63) is 47.4 Å². The Kier molecular flexibility index (Phi) is 4.08. The number of aromatic nitrogens is 1. The molecule has 1 N–H and O–H groups in total. The number of anilines is 1. The van der Waals surface area contributed by atoms with Gasteiger partial charge in [-0.25, -0.2) is 9.37 Å². The number of rotatable bonds is 2. The van der Waals surface area contributed by atoms with E-state index >= 15 is 0 Å². The molecular formula is C16H16ClFN2O. The van der Waals surface area contributed by atoms with Crippen LogP contribution in [0.15, 0.2) is 36.4 Å². The van der Waals surface area contributed by atoms with Crippen molar-refractivity contribution >= 4 is 17.4 Å². The first-order valence-electron chi connectivity index (χ1n) is 6.98. The highest BCUT2D eigenvalue weighted by Crippen LogP contribution is 2.28. The van der Waals surface area contributed by atoms with E-state index in [-0.39, 0.29) is 11.9 Å². The zero-order valence-electron chi connectivity index (χ0n) is 11.5. The molecule has 0 unspecified atom stereocenters.